The zero-order chi connectivity index (χ0) is 13.5. The highest BCUT2D eigenvalue weighted by Crippen LogP contribution is 2.31. The summed E-state index contributed by atoms with van der Waals surface area (Å²) in [4.78, 5) is 2.81. The molecular weight excluding hydrogens is 220 g/mol. The van der Waals surface area contributed by atoms with E-state index in [0.717, 1.165) is 30.5 Å². The lowest BCUT2D eigenvalue weighted by molar-refractivity contribution is 0.0506. The van der Waals surface area contributed by atoms with Crippen molar-refractivity contribution in [1.29, 1.82) is 0 Å². The molecule has 0 heterocycles. The average Bonchev–Trinajstić information content (AvgIpc) is 2.38. The van der Waals surface area contributed by atoms with Crippen molar-refractivity contribution in [1.82, 2.24) is 4.90 Å². The molecule has 2 N–H and O–H groups in total. The van der Waals surface area contributed by atoms with Gasteiger partial charge in [-0.1, -0.05) is 40.5 Å². The number of rotatable bonds is 7. The number of nitrogens with two attached hydrogens (primary N) is 1. The summed E-state index contributed by atoms with van der Waals surface area (Å²) in [6.45, 7) is 11.5. The molecule has 18 heavy (non-hydrogen) atoms. The molecule has 0 aromatic heterocycles. The molecule has 1 aliphatic rings. The quantitative estimate of drug-likeness (QED) is 0.751. The summed E-state index contributed by atoms with van der Waals surface area (Å²) in [6, 6.07) is 1.50. The minimum Gasteiger partial charge on any atom is -0.330 e. The minimum atomic E-state index is 0.734. The molecule has 1 fully saturated rings. The van der Waals surface area contributed by atoms with Crippen LogP contribution in [0, 0.1) is 11.8 Å². The van der Waals surface area contributed by atoms with E-state index < -0.39 is 0 Å². The Hall–Kier alpha value is -0.0800. The molecule has 0 aromatic rings. The van der Waals surface area contributed by atoms with Crippen molar-refractivity contribution >= 4 is 0 Å². The molecule has 0 saturated heterocycles. The van der Waals surface area contributed by atoms with Gasteiger partial charge in [0, 0.05) is 18.6 Å². The molecule has 2 heteroatoms. The van der Waals surface area contributed by atoms with Crippen molar-refractivity contribution in [3.63, 3.8) is 0 Å². The fourth-order valence-electron chi connectivity index (χ4n) is 3.63. The van der Waals surface area contributed by atoms with Crippen LogP contribution in [-0.4, -0.2) is 30.1 Å². The van der Waals surface area contributed by atoms with Crippen LogP contribution in [-0.2, 0) is 0 Å². The van der Waals surface area contributed by atoms with Crippen molar-refractivity contribution in [3.8, 4) is 0 Å². The van der Waals surface area contributed by atoms with Crippen molar-refractivity contribution in [2.75, 3.05) is 13.1 Å². The summed E-state index contributed by atoms with van der Waals surface area (Å²) in [5.41, 5.74) is 6.02. The van der Waals surface area contributed by atoms with E-state index in [-0.39, 0.29) is 0 Å². The van der Waals surface area contributed by atoms with E-state index in [2.05, 4.69) is 32.6 Å². The molecule has 1 aliphatic carbocycles. The van der Waals surface area contributed by atoms with E-state index in [4.69, 9.17) is 5.73 Å². The first kappa shape index (κ1) is 16.0. The van der Waals surface area contributed by atoms with Crippen LogP contribution >= 0.6 is 0 Å². The topological polar surface area (TPSA) is 29.3 Å². The third kappa shape index (κ3) is 4.24. The van der Waals surface area contributed by atoms with Crippen LogP contribution in [0.25, 0.3) is 0 Å². The largest absolute Gasteiger partial charge is 0.330 e. The molecule has 108 valence electrons. The van der Waals surface area contributed by atoms with E-state index in [9.17, 15) is 0 Å². The first-order valence-electron chi connectivity index (χ1n) is 8.09. The van der Waals surface area contributed by atoms with E-state index in [1.807, 2.05) is 0 Å². The smallest absolute Gasteiger partial charge is 0.0139 e. The predicted octanol–water partition coefficient (Wildman–Crippen LogP) is 3.65. The Bertz CT molecular complexity index is 211. The highest BCUT2D eigenvalue weighted by Gasteiger charge is 2.32. The summed E-state index contributed by atoms with van der Waals surface area (Å²) < 4.78 is 0. The third-order valence-electron chi connectivity index (χ3n) is 4.59. The average molecular weight is 254 g/mol. The lowest BCUT2D eigenvalue weighted by Gasteiger charge is -2.44. The van der Waals surface area contributed by atoms with Crippen LogP contribution in [0.1, 0.15) is 66.2 Å². The number of hydrogen-bond donors (Lipinski definition) is 1. The van der Waals surface area contributed by atoms with Crippen molar-refractivity contribution in [2.24, 2.45) is 17.6 Å². The molecule has 0 spiro atoms. The summed E-state index contributed by atoms with van der Waals surface area (Å²) >= 11 is 0. The van der Waals surface area contributed by atoms with Gasteiger partial charge in [-0.15, -0.1) is 0 Å². The second-order valence-corrected chi connectivity index (χ2v) is 6.41. The van der Waals surface area contributed by atoms with Gasteiger partial charge in [0.2, 0.25) is 0 Å². The lowest BCUT2D eigenvalue weighted by atomic mass is 9.82. The molecule has 0 bridgehead atoms. The molecule has 0 aromatic carbocycles. The van der Waals surface area contributed by atoms with Gasteiger partial charge in [0.15, 0.2) is 0 Å². The van der Waals surface area contributed by atoms with Crippen LogP contribution in [0.3, 0.4) is 0 Å². The van der Waals surface area contributed by atoms with Gasteiger partial charge in [-0.25, -0.2) is 0 Å². The lowest BCUT2D eigenvalue weighted by Crippen LogP contribution is -2.51. The van der Waals surface area contributed by atoms with Gasteiger partial charge in [-0.05, 0) is 44.1 Å². The summed E-state index contributed by atoms with van der Waals surface area (Å²) in [7, 11) is 0. The van der Waals surface area contributed by atoms with Crippen LogP contribution in [0.2, 0.25) is 0 Å². The van der Waals surface area contributed by atoms with Crippen molar-refractivity contribution in [3.05, 3.63) is 0 Å². The van der Waals surface area contributed by atoms with Gasteiger partial charge < -0.3 is 5.73 Å². The van der Waals surface area contributed by atoms with Crippen LogP contribution in [0.4, 0.5) is 0 Å². The second-order valence-electron chi connectivity index (χ2n) is 6.41. The van der Waals surface area contributed by atoms with Gasteiger partial charge in [0.1, 0.15) is 0 Å². The van der Waals surface area contributed by atoms with Crippen LogP contribution < -0.4 is 5.73 Å². The van der Waals surface area contributed by atoms with E-state index in [0.29, 0.717) is 0 Å². The van der Waals surface area contributed by atoms with Crippen LogP contribution in [0.15, 0.2) is 0 Å². The molecule has 2 atom stereocenters. The highest BCUT2D eigenvalue weighted by molar-refractivity contribution is 4.87. The van der Waals surface area contributed by atoms with Gasteiger partial charge in [0.05, 0.1) is 0 Å². The Morgan fingerprint density at radius 1 is 1.11 bits per heavy atom. The van der Waals surface area contributed by atoms with E-state index in [1.54, 1.807) is 0 Å². The third-order valence-corrected chi connectivity index (χ3v) is 4.59. The molecule has 0 amide bonds. The molecule has 0 radical (unpaired) electrons. The Kier molecular flexibility index (Phi) is 7.25. The zero-order valence-electron chi connectivity index (χ0n) is 13.0. The Morgan fingerprint density at radius 2 is 1.72 bits per heavy atom. The zero-order valence-corrected chi connectivity index (χ0v) is 13.0. The van der Waals surface area contributed by atoms with Gasteiger partial charge in [-0.2, -0.15) is 0 Å². The Balaban J connectivity index is 2.78. The SMILES string of the molecule is CCC(CC)N(CC(C)C)C1CCCCC1CN. The first-order chi connectivity index (χ1) is 8.63. The maximum Gasteiger partial charge on any atom is 0.0139 e. The number of hydrogen-bond acceptors (Lipinski definition) is 2. The molecular formula is C16H34N2. The molecule has 0 aliphatic heterocycles. The Morgan fingerprint density at radius 3 is 2.22 bits per heavy atom. The van der Waals surface area contributed by atoms with E-state index >= 15 is 0 Å². The van der Waals surface area contributed by atoms with E-state index in [1.165, 1.54) is 45.1 Å². The fourth-order valence-corrected chi connectivity index (χ4v) is 3.63. The Labute approximate surface area is 114 Å². The molecule has 1 saturated carbocycles. The molecule has 1 rings (SSSR count). The number of nitrogens with zero attached hydrogens (tertiary/aromatic N) is 1. The normalized spacial score (nSPS) is 25.3. The standard InChI is InChI=1S/C16H34N2/c1-5-15(6-2)18(12-13(3)4)16-10-8-7-9-14(16)11-17/h13-16H,5-12,17H2,1-4H3. The molecule has 2 nitrogen and oxygen atoms in total. The summed E-state index contributed by atoms with van der Waals surface area (Å²) in [6.07, 6.45) is 8.04. The fraction of sp³-hybridized carbons (Fsp3) is 1.00. The summed E-state index contributed by atoms with van der Waals surface area (Å²) in [5, 5.41) is 0. The van der Waals surface area contributed by atoms with Gasteiger partial charge >= 0.3 is 0 Å². The first-order valence-corrected chi connectivity index (χ1v) is 8.09. The van der Waals surface area contributed by atoms with Crippen molar-refractivity contribution in [2.45, 2.75) is 78.3 Å². The second kappa shape index (κ2) is 8.16. The minimum absolute atomic E-state index is 0.734. The molecule has 2 unspecified atom stereocenters. The maximum absolute atomic E-state index is 6.02. The van der Waals surface area contributed by atoms with Gasteiger partial charge in [0.25, 0.3) is 0 Å². The summed E-state index contributed by atoms with van der Waals surface area (Å²) in [5.74, 6) is 1.49. The van der Waals surface area contributed by atoms with Crippen molar-refractivity contribution < 1.29 is 0 Å². The van der Waals surface area contributed by atoms with Gasteiger partial charge in [-0.3, -0.25) is 4.90 Å². The highest BCUT2D eigenvalue weighted by atomic mass is 15.2. The maximum atomic E-state index is 6.02. The van der Waals surface area contributed by atoms with Crippen LogP contribution in [0.5, 0.6) is 0 Å². The monoisotopic (exact) mass is 254 g/mol. The predicted molar refractivity (Wildman–Crippen MR) is 80.7 cm³/mol.